The first-order valence-electron chi connectivity index (χ1n) is 5.55. The van der Waals surface area contributed by atoms with Gasteiger partial charge in [0.2, 0.25) is 5.95 Å². The SMILES string of the molecule is CCCc1nc(N)nc(-c2cc(Cl)cc(Cl)c2)n1. The quantitative estimate of drug-likeness (QED) is 0.937. The number of hydrogen-bond acceptors (Lipinski definition) is 4. The summed E-state index contributed by atoms with van der Waals surface area (Å²) < 4.78 is 0. The molecule has 2 rings (SSSR count). The van der Waals surface area contributed by atoms with E-state index in [1.807, 2.05) is 0 Å². The van der Waals surface area contributed by atoms with Crippen molar-refractivity contribution in [1.29, 1.82) is 0 Å². The molecule has 0 amide bonds. The van der Waals surface area contributed by atoms with Crippen LogP contribution in [0.2, 0.25) is 10.0 Å². The number of hydrogen-bond donors (Lipinski definition) is 1. The third-order valence-corrected chi connectivity index (χ3v) is 2.73. The summed E-state index contributed by atoms with van der Waals surface area (Å²) in [7, 11) is 0. The molecule has 4 nitrogen and oxygen atoms in total. The Balaban J connectivity index is 2.49. The smallest absolute Gasteiger partial charge is 0.223 e. The molecule has 0 radical (unpaired) electrons. The van der Waals surface area contributed by atoms with Crippen molar-refractivity contribution in [3.05, 3.63) is 34.1 Å². The van der Waals surface area contributed by atoms with Crippen LogP contribution in [0.25, 0.3) is 11.4 Å². The summed E-state index contributed by atoms with van der Waals surface area (Å²) in [5, 5.41) is 1.07. The molecule has 6 heteroatoms. The summed E-state index contributed by atoms with van der Waals surface area (Å²) >= 11 is 11.9. The molecular weight excluding hydrogens is 271 g/mol. The molecule has 0 fully saturated rings. The fourth-order valence-electron chi connectivity index (χ4n) is 1.59. The molecule has 0 bridgehead atoms. The van der Waals surface area contributed by atoms with Crippen molar-refractivity contribution in [3.63, 3.8) is 0 Å². The van der Waals surface area contributed by atoms with Gasteiger partial charge in [0, 0.05) is 22.0 Å². The van der Waals surface area contributed by atoms with Gasteiger partial charge < -0.3 is 5.73 Å². The van der Waals surface area contributed by atoms with E-state index in [0.29, 0.717) is 21.7 Å². The van der Waals surface area contributed by atoms with Crippen molar-refractivity contribution in [2.45, 2.75) is 19.8 Å². The second-order valence-corrected chi connectivity index (χ2v) is 4.71. The van der Waals surface area contributed by atoms with E-state index < -0.39 is 0 Å². The zero-order valence-electron chi connectivity index (χ0n) is 9.82. The summed E-state index contributed by atoms with van der Waals surface area (Å²) in [6, 6.07) is 5.15. The van der Waals surface area contributed by atoms with E-state index in [1.54, 1.807) is 18.2 Å². The summed E-state index contributed by atoms with van der Waals surface area (Å²) in [6.45, 7) is 2.05. The van der Waals surface area contributed by atoms with Crippen molar-refractivity contribution >= 4 is 29.2 Å². The molecule has 0 saturated heterocycles. The van der Waals surface area contributed by atoms with E-state index >= 15 is 0 Å². The zero-order chi connectivity index (χ0) is 13.1. The van der Waals surface area contributed by atoms with Gasteiger partial charge in [0.15, 0.2) is 5.82 Å². The molecule has 18 heavy (non-hydrogen) atoms. The van der Waals surface area contributed by atoms with Crippen molar-refractivity contribution in [1.82, 2.24) is 15.0 Å². The fraction of sp³-hybridized carbons (Fsp3) is 0.250. The van der Waals surface area contributed by atoms with Gasteiger partial charge >= 0.3 is 0 Å². The lowest BCUT2D eigenvalue weighted by Gasteiger charge is -2.05. The molecule has 1 heterocycles. The van der Waals surface area contributed by atoms with Gasteiger partial charge in [-0.3, -0.25) is 0 Å². The molecule has 1 aromatic carbocycles. The van der Waals surface area contributed by atoms with Gasteiger partial charge in [-0.1, -0.05) is 30.1 Å². The van der Waals surface area contributed by atoms with Crippen LogP contribution in [-0.4, -0.2) is 15.0 Å². The molecule has 0 spiro atoms. The van der Waals surface area contributed by atoms with E-state index in [4.69, 9.17) is 28.9 Å². The number of benzene rings is 1. The second-order valence-electron chi connectivity index (χ2n) is 3.84. The summed E-state index contributed by atoms with van der Waals surface area (Å²) in [5.74, 6) is 1.38. The molecule has 94 valence electrons. The van der Waals surface area contributed by atoms with Crippen molar-refractivity contribution in [3.8, 4) is 11.4 Å². The molecule has 0 atom stereocenters. The topological polar surface area (TPSA) is 64.7 Å². The third-order valence-electron chi connectivity index (χ3n) is 2.29. The molecule has 1 aromatic heterocycles. The number of aromatic nitrogens is 3. The maximum atomic E-state index is 5.95. The average Bonchev–Trinajstić information content (AvgIpc) is 2.27. The highest BCUT2D eigenvalue weighted by atomic mass is 35.5. The van der Waals surface area contributed by atoms with Crippen LogP contribution in [0.1, 0.15) is 19.2 Å². The Morgan fingerprint density at radius 3 is 2.33 bits per heavy atom. The van der Waals surface area contributed by atoms with Crippen LogP contribution >= 0.6 is 23.2 Å². The van der Waals surface area contributed by atoms with E-state index in [9.17, 15) is 0 Å². The van der Waals surface area contributed by atoms with Gasteiger partial charge in [-0.05, 0) is 24.6 Å². The normalized spacial score (nSPS) is 10.6. The Bertz CT molecular complexity index is 552. The van der Waals surface area contributed by atoms with Gasteiger partial charge in [-0.15, -0.1) is 0 Å². The van der Waals surface area contributed by atoms with Gasteiger partial charge in [0.1, 0.15) is 5.82 Å². The number of anilines is 1. The van der Waals surface area contributed by atoms with E-state index in [2.05, 4.69) is 21.9 Å². The molecule has 0 aliphatic heterocycles. The molecule has 0 saturated carbocycles. The van der Waals surface area contributed by atoms with Crippen LogP contribution in [-0.2, 0) is 6.42 Å². The fourth-order valence-corrected chi connectivity index (χ4v) is 2.11. The first-order valence-corrected chi connectivity index (χ1v) is 6.31. The Morgan fingerprint density at radius 2 is 1.72 bits per heavy atom. The minimum atomic E-state index is 0.208. The Labute approximate surface area is 115 Å². The standard InChI is InChI=1S/C12H12Cl2N4/c1-2-3-10-16-11(18-12(15)17-10)7-4-8(13)6-9(14)5-7/h4-6H,2-3H2,1H3,(H2,15,16,17,18). The molecule has 0 aliphatic carbocycles. The van der Waals surface area contributed by atoms with Gasteiger partial charge in [0.25, 0.3) is 0 Å². The highest BCUT2D eigenvalue weighted by Crippen LogP contribution is 2.25. The molecule has 2 aromatic rings. The third kappa shape index (κ3) is 3.09. The van der Waals surface area contributed by atoms with Crippen LogP contribution < -0.4 is 5.73 Å². The van der Waals surface area contributed by atoms with Crippen molar-refractivity contribution in [2.75, 3.05) is 5.73 Å². The average molecular weight is 283 g/mol. The molecule has 0 aliphatic rings. The van der Waals surface area contributed by atoms with E-state index in [-0.39, 0.29) is 5.95 Å². The largest absolute Gasteiger partial charge is 0.368 e. The van der Waals surface area contributed by atoms with Crippen LogP contribution in [0.4, 0.5) is 5.95 Å². The maximum Gasteiger partial charge on any atom is 0.223 e. The molecular formula is C12H12Cl2N4. The van der Waals surface area contributed by atoms with Crippen LogP contribution in [0, 0.1) is 0 Å². The summed E-state index contributed by atoms with van der Waals surface area (Å²) in [4.78, 5) is 12.5. The highest BCUT2D eigenvalue weighted by molar-refractivity contribution is 6.35. The van der Waals surface area contributed by atoms with Crippen LogP contribution in [0.5, 0.6) is 0 Å². The van der Waals surface area contributed by atoms with E-state index in [1.165, 1.54) is 0 Å². The van der Waals surface area contributed by atoms with Crippen LogP contribution in [0.15, 0.2) is 18.2 Å². The monoisotopic (exact) mass is 282 g/mol. The first-order chi connectivity index (χ1) is 8.58. The van der Waals surface area contributed by atoms with Gasteiger partial charge in [-0.25, -0.2) is 4.98 Å². The lowest BCUT2D eigenvalue weighted by atomic mass is 10.2. The number of nitrogens with zero attached hydrogens (tertiary/aromatic N) is 3. The molecule has 2 N–H and O–H groups in total. The van der Waals surface area contributed by atoms with Crippen molar-refractivity contribution < 1.29 is 0 Å². The number of halogens is 2. The lowest BCUT2D eigenvalue weighted by molar-refractivity contribution is 0.825. The number of aryl methyl sites for hydroxylation is 1. The minimum Gasteiger partial charge on any atom is -0.368 e. The second kappa shape index (κ2) is 5.50. The maximum absolute atomic E-state index is 5.95. The predicted octanol–water partition coefficient (Wildman–Crippen LogP) is 3.38. The number of rotatable bonds is 3. The summed E-state index contributed by atoms with van der Waals surface area (Å²) in [6.07, 6.45) is 1.70. The first kappa shape index (κ1) is 13.1. The number of nitrogen functional groups attached to an aromatic ring is 1. The van der Waals surface area contributed by atoms with Gasteiger partial charge in [0.05, 0.1) is 0 Å². The lowest BCUT2D eigenvalue weighted by Crippen LogP contribution is -2.04. The Kier molecular flexibility index (Phi) is 3.99. The zero-order valence-corrected chi connectivity index (χ0v) is 11.3. The minimum absolute atomic E-state index is 0.208. The van der Waals surface area contributed by atoms with Crippen molar-refractivity contribution in [2.24, 2.45) is 0 Å². The number of nitrogens with two attached hydrogens (primary N) is 1. The summed E-state index contributed by atoms with van der Waals surface area (Å²) in [5.41, 5.74) is 6.41. The van der Waals surface area contributed by atoms with Gasteiger partial charge in [-0.2, -0.15) is 9.97 Å². The highest BCUT2D eigenvalue weighted by Gasteiger charge is 2.08. The van der Waals surface area contributed by atoms with E-state index in [0.717, 1.165) is 18.4 Å². The Hall–Kier alpha value is -1.39. The Morgan fingerprint density at radius 1 is 1.06 bits per heavy atom. The molecule has 0 unspecified atom stereocenters. The van der Waals surface area contributed by atoms with Crippen LogP contribution in [0.3, 0.4) is 0 Å². The predicted molar refractivity (Wildman–Crippen MR) is 73.7 cm³/mol.